The van der Waals surface area contributed by atoms with Gasteiger partial charge >= 0.3 is 18.2 Å². The first kappa shape index (κ1) is 26.5. The molecule has 0 aliphatic carbocycles. The highest BCUT2D eigenvalue weighted by molar-refractivity contribution is 5.90. The van der Waals surface area contributed by atoms with Gasteiger partial charge in [-0.15, -0.1) is 0 Å². The molecule has 0 fully saturated rings. The number of aryl methyl sites for hydroxylation is 1. The van der Waals surface area contributed by atoms with Gasteiger partial charge in [0.15, 0.2) is 5.69 Å². The van der Waals surface area contributed by atoms with Gasteiger partial charge in [0, 0.05) is 31.1 Å². The van der Waals surface area contributed by atoms with Crippen molar-refractivity contribution < 1.29 is 28.6 Å². The Hall–Kier alpha value is -2.78. The molecule has 0 unspecified atom stereocenters. The molecular formula is C23H38N4O6. The van der Waals surface area contributed by atoms with Crippen LogP contribution in [0.1, 0.15) is 83.6 Å². The molecule has 1 aliphatic heterocycles. The summed E-state index contributed by atoms with van der Waals surface area (Å²) in [4.78, 5) is 39.0. The molecule has 2 heterocycles. The molecule has 0 aromatic carbocycles. The molecule has 0 saturated carbocycles. The quantitative estimate of drug-likeness (QED) is 0.387. The van der Waals surface area contributed by atoms with E-state index in [-0.39, 0.29) is 19.2 Å². The summed E-state index contributed by atoms with van der Waals surface area (Å²) in [5.74, 6) is -0.481. The SMILES string of the molecule is CCOC(=O)c1c2c(nn1CCCNC(=O)OC(C)(C)C)C[C@@H](C)N(C(=O)OC(C)(C)C)C2. The fourth-order valence-corrected chi connectivity index (χ4v) is 3.48. The van der Waals surface area contributed by atoms with Gasteiger partial charge in [-0.3, -0.25) is 4.68 Å². The van der Waals surface area contributed by atoms with E-state index in [2.05, 4.69) is 10.4 Å². The molecule has 186 valence electrons. The van der Waals surface area contributed by atoms with Gasteiger partial charge in [-0.25, -0.2) is 14.4 Å². The van der Waals surface area contributed by atoms with Gasteiger partial charge in [0.05, 0.1) is 18.8 Å². The second-order valence-electron chi connectivity index (χ2n) is 10.2. The van der Waals surface area contributed by atoms with E-state index in [0.717, 1.165) is 5.69 Å². The summed E-state index contributed by atoms with van der Waals surface area (Å²) in [5.41, 5.74) is 0.596. The molecule has 1 aromatic rings. The van der Waals surface area contributed by atoms with Crippen molar-refractivity contribution in [1.29, 1.82) is 0 Å². The molecule has 1 atom stereocenters. The smallest absolute Gasteiger partial charge is 0.410 e. The minimum Gasteiger partial charge on any atom is -0.461 e. The van der Waals surface area contributed by atoms with Crippen LogP contribution in [0.3, 0.4) is 0 Å². The molecule has 0 saturated heterocycles. The lowest BCUT2D eigenvalue weighted by atomic mass is 10.00. The zero-order chi connectivity index (χ0) is 25.0. The Labute approximate surface area is 195 Å². The zero-order valence-electron chi connectivity index (χ0n) is 21.1. The highest BCUT2D eigenvalue weighted by Gasteiger charge is 2.36. The third kappa shape index (κ3) is 7.64. The maximum Gasteiger partial charge on any atom is 0.410 e. The summed E-state index contributed by atoms with van der Waals surface area (Å²) in [6, 6.07) is -0.125. The molecule has 0 spiro atoms. The van der Waals surface area contributed by atoms with Crippen LogP contribution in [-0.2, 0) is 33.7 Å². The van der Waals surface area contributed by atoms with E-state index in [1.807, 2.05) is 27.7 Å². The molecule has 0 radical (unpaired) electrons. The number of carbonyl (C=O) groups excluding carboxylic acids is 3. The van der Waals surface area contributed by atoms with Crippen LogP contribution >= 0.6 is 0 Å². The largest absolute Gasteiger partial charge is 0.461 e. The average Bonchev–Trinajstić information content (AvgIpc) is 2.99. The summed E-state index contributed by atoms with van der Waals surface area (Å²) in [7, 11) is 0. The summed E-state index contributed by atoms with van der Waals surface area (Å²) in [6.07, 6.45) is 0.126. The van der Waals surface area contributed by atoms with Crippen molar-refractivity contribution in [2.24, 2.45) is 0 Å². The highest BCUT2D eigenvalue weighted by Crippen LogP contribution is 2.28. The van der Waals surface area contributed by atoms with Gasteiger partial charge in [0.25, 0.3) is 0 Å². The van der Waals surface area contributed by atoms with Crippen molar-refractivity contribution in [2.45, 2.75) is 98.6 Å². The standard InChI is InChI=1S/C23H38N4O6/c1-9-31-19(28)18-16-14-26(21(30)33-23(6,7)8)15(2)13-17(16)25-27(18)12-10-11-24-20(29)32-22(3,4)5/h15H,9-14H2,1-8H3,(H,24,29)/t15-/m1/s1. The predicted molar refractivity (Wildman–Crippen MR) is 122 cm³/mol. The Morgan fingerprint density at radius 3 is 2.30 bits per heavy atom. The van der Waals surface area contributed by atoms with Crippen LogP contribution in [0.4, 0.5) is 9.59 Å². The number of ether oxygens (including phenoxy) is 3. The number of fused-ring (bicyclic) bond motifs is 1. The van der Waals surface area contributed by atoms with Gasteiger partial charge < -0.3 is 24.4 Å². The minimum atomic E-state index is -0.619. The molecule has 10 heteroatoms. The number of nitrogens with one attached hydrogen (secondary N) is 1. The van der Waals surface area contributed by atoms with E-state index in [1.165, 1.54) is 0 Å². The lowest BCUT2D eigenvalue weighted by Crippen LogP contribution is -2.45. The summed E-state index contributed by atoms with van der Waals surface area (Å²) in [6.45, 7) is 15.7. The molecule has 2 rings (SSSR count). The van der Waals surface area contributed by atoms with Crippen molar-refractivity contribution in [1.82, 2.24) is 20.0 Å². The third-order valence-corrected chi connectivity index (χ3v) is 4.79. The molecule has 33 heavy (non-hydrogen) atoms. The summed E-state index contributed by atoms with van der Waals surface area (Å²) >= 11 is 0. The number of amides is 2. The van der Waals surface area contributed by atoms with Crippen molar-refractivity contribution in [3.63, 3.8) is 0 Å². The molecule has 1 aliphatic rings. The number of nitrogens with zero attached hydrogens (tertiary/aromatic N) is 3. The first-order chi connectivity index (χ1) is 15.2. The lowest BCUT2D eigenvalue weighted by molar-refractivity contribution is 0.0134. The Kier molecular flexibility index (Phi) is 8.37. The monoisotopic (exact) mass is 466 g/mol. The van der Waals surface area contributed by atoms with Crippen LogP contribution in [0.2, 0.25) is 0 Å². The Bertz CT molecular complexity index is 866. The fourth-order valence-electron chi connectivity index (χ4n) is 3.48. The Balaban J connectivity index is 2.17. The maximum atomic E-state index is 12.8. The normalized spacial score (nSPS) is 16.1. The second-order valence-corrected chi connectivity index (χ2v) is 10.2. The highest BCUT2D eigenvalue weighted by atomic mass is 16.6. The van der Waals surface area contributed by atoms with Crippen LogP contribution in [0.15, 0.2) is 0 Å². The van der Waals surface area contributed by atoms with E-state index in [1.54, 1.807) is 37.3 Å². The number of hydrogen-bond donors (Lipinski definition) is 1. The van der Waals surface area contributed by atoms with Gasteiger partial charge in [-0.2, -0.15) is 5.10 Å². The maximum absolute atomic E-state index is 12.8. The van der Waals surface area contributed by atoms with E-state index in [4.69, 9.17) is 14.2 Å². The van der Waals surface area contributed by atoms with Gasteiger partial charge in [-0.1, -0.05) is 0 Å². The fraction of sp³-hybridized carbons (Fsp3) is 0.739. The molecule has 1 N–H and O–H groups in total. The molecule has 2 amide bonds. The van der Waals surface area contributed by atoms with Crippen LogP contribution in [-0.4, -0.2) is 63.2 Å². The van der Waals surface area contributed by atoms with E-state index in [0.29, 0.717) is 37.2 Å². The lowest BCUT2D eigenvalue weighted by Gasteiger charge is -2.34. The number of carbonyl (C=O) groups is 3. The molecule has 10 nitrogen and oxygen atoms in total. The number of alkyl carbamates (subject to hydrolysis) is 1. The van der Waals surface area contributed by atoms with E-state index >= 15 is 0 Å². The first-order valence-electron chi connectivity index (χ1n) is 11.4. The number of hydrogen-bond acceptors (Lipinski definition) is 7. The molecule has 0 bridgehead atoms. The molecule has 1 aromatic heterocycles. The summed E-state index contributed by atoms with van der Waals surface area (Å²) < 4.78 is 17.7. The Morgan fingerprint density at radius 1 is 1.09 bits per heavy atom. The van der Waals surface area contributed by atoms with E-state index < -0.39 is 29.4 Å². The second kappa shape index (κ2) is 10.4. The van der Waals surface area contributed by atoms with Crippen LogP contribution in [0.25, 0.3) is 0 Å². The Morgan fingerprint density at radius 2 is 1.73 bits per heavy atom. The van der Waals surface area contributed by atoms with Gasteiger partial charge in [-0.05, 0) is 61.8 Å². The number of esters is 1. The predicted octanol–water partition coefficient (Wildman–Crippen LogP) is 3.66. The third-order valence-electron chi connectivity index (χ3n) is 4.79. The summed E-state index contributed by atoms with van der Waals surface area (Å²) in [5, 5.41) is 7.35. The van der Waals surface area contributed by atoms with Crippen molar-refractivity contribution in [3.05, 3.63) is 17.0 Å². The number of rotatable bonds is 6. The first-order valence-corrected chi connectivity index (χ1v) is 11.4. The molecular weight excluding hydrogens is 428 g/mol. The average molecular weight is 467 g/mol. The van der Waals surface area contributed by atoms with Crippen molar-refractivity contribution in [3.8, 4) is 0 Å². The minimum absolute atomic E-state index is 0.125. The van der Waals surface area contributed by atoms with Crippen LogP contribution in [0, 0.1) is 0 Å². The van der Waals surface area contributed by atoms with Crippen LogP contribution in [0.5, 0.6) is 0 Å². The topological polar surface area (TPSA) is 112 Å². The van der Waals surface area contributed by atoms with Gasteiger partial charge in [0.2, 0.25) is 0 Å². The van der Waals surface area contributed by atoms with Crippen LogP contribution < -0.4 is 5.32 Å². The van der Waals surface area contributed by atoms with Crippen molar-refractivity contribution in [2.75, 3.05) is 13.2 Å². The van der Waals surface area contributed by atoms with E-state index in [9.17, 15) is 14.4 Å². The number of aromatic nitrogens is 2. The van der Waals surface area contributed by atoms with Crippen molar-refractivity contribution >= 4 is 18.2 Å². The van der Waals surface area contributed by atoms with Gasteiger partial charge in [0.1, 0.15) is 11.2 Å². The zero-order valence-corrected chi connectivity index (χ0v) is 21.1.